The van der Waals surface area contributed by atoms with E-state index >= 15 is 0 Å². The van der Waals surface area contributed by atoms with Crippen molar-refractivity contribution in [2.24, 2.45) is 5.73 Å². The highest BCUT2D eigenvalue weighted by atomic mass is 16.5. The molecule has 88 valence electrons. The number of hydrogen-bond donors (Lipinski definition) is 1. The van der Waals surface area contributed by atoms with Gasteiger partial charge in [0.15, 0.2) is 5.78 Å². The van der Waals surface area contributed by atoms with Gasteiger partial charge < -0.3 is 10.5 Å². The summed E-state index contributed by atoms with van der Waals surface area (Å²) < 4.78 is 5.37. The van der Waals surface area contributed by atoms with E-state index in [0.29, 0.717) is 12.0 Å². The number of ketones is 1. The molecule has 0 amide bonds. The highest BCUT2D eigenvalue weighted by Crippen LogP contribution is 2.19. The van der Waals surface area contributed by atoms with E-state index in [2.05, 4.69) is 0 Å². The molecule has 0 bridgehead atoms. The van der Waals surface area contributed by atoms with Gasteiger partial charge >= 0.3 is 0 Å². The minimum Gasteiger partial charge on any atom is -0.378 e. The Bertz CT molecular complexity index is 372. The number of Topliss-reactive ketones (excluding diaryl/α,β-unsaturated/α-hetero) is 1. The van der Waals surface area contributed by atoms with Gasteiger partial charge in [-0.2, -0.15) is 0 Å². The van der Waals surface area contributed by atoms with Gasteiger partial charge in [-0.1, -0.05) is 24.3 Å². The lowest BCUT2D eigenvalue weighted by atomic mass is 9.93. The van der Waals surface area contributed by atoms with Crippen LogP contribution in [0.5, 0.6) is 0 Å². The van der Waals surface area contributed by atoms with Crippen LogP contribution in [0.4, 0.5) is 0 Å². The minimum absolute atomic E-state index is 0.0255. The van der Waals surface area contributed by atoms with E-state index in [-0.39, 0.29) is 17.9 Å². The topological polar surface area (TPSA) is 52.3 Å². The average molecular weight is 221 g/mol. The molecule has 0 spiro atoms. The summed E-state index contributed by atoms with van der Waals surface area (Å²) in [4.78, 5) is 11.6. The predicted molar refractivity (Wildman–Crippen MR) is 64.6 cm³/mol. The van der Waals surface area contributed by atoms with Crippen LogP contribution in [0.2, 0.25) is 0 Å². The Labute approximate surface area is 96.6 Å². The van der Waals surface area contributed by atoms with Gasteiger partial charge in [0.2, 0.25) is 0 Å². The largest absolute Gasteiger partial charge is 0.378 e. The third-order valence-corrected chi connectivity index (χ3v) is 2.67. The van der Waals surface area contributed by atoms with E-state index < -0.39 is 0 Å². The Morgan fingerprint density at radius 3 is 2.56 bits per heavy atom. The van der Waals surface area contributed by atoms with Crippen LogP contribution in [0.15, 0.2) is 24.3 Å². The Hall–Kier alpha value is -1.19. The van der Waals surface area contributed by atoms with Crippen LogP contribution < -0.4 is 5.73 Å². The van der Waals surface area contributed by atoms with Crippen molar-refractivity contribution in [3.63, 3.8) is 0 Å². The molecule has 2 N–H and O–H groups in total. The third kappa shape index (κ3) is 3.15. The zero-order valence-corrected chi connectivity index (χ0v) is 10.1. The summed E-state index contributed by atoms with van der Waals surface area (Å²) in [6.07, 6.45) is 0.700. The molecule has 3 heteroatoms. The molecule has 3 nitrogen and oxygen atoms in total. The second-order valence-corrected chi connectivity index (χ2v) is 4.43. The number of rotatable bonds is 5. The summed E-state index contributed by atoms with van der Waals surface area (Å²) >= 11 is 0. The van der Waals surface area contributed by atoms with Crippen molar-refractivity contribution < 1.29 is 9.53 Å². The molecule has 0 fully saturated rings. The lowest BCUT2D eigenvalue weighted by Crippen LogP contribution is -2.27. The van der Waals surface area contributed by atoms with Crippen LogP contribution in [0.1, 0.15) is 29.8 Å². The lowest BCUT2D eigenvalue weighted by molar-refractivity contribution is 0.0231. The zero-order valence-electron chi connectivity index (χ0n) is 10.1. The number of hydrogen-bond acceptors (Lipinski definition) is 3. The normalized spacial score (nSPS) is 11.5. The number of benzene rings is 1. The van der Waals surface area contributed by atoms with E-state index in [1.165, 1.54) is 0 Å². The fourth-order valence-electron chi connectivity index (χ4n) is 1.59. The maximum atomic E-state index is 11.6. The maximum absolute atomic E-state index is 11.6. The Morgan fingerprint density at radius 2 is 2.00 bits per heavy atom. The van der Waals surface area contributed by atoms with E-state index in [9.17, 15) is 4.79 Å². The van der Waals surface area contributed by atoms with Crippen LogP contribution in [0, 0.1) is 0 Å². The second kappa shape index (κ2) is 5.23. The van der Waals surface area contributed by atoms with Gasteiger partial charge in [0, 0.05) is 19.1 Å². The number of carbonyl (C=O) groups is 1. The molecule has 1 aromatic carbocycles. The first-order chi connectivity index (χ1) is 7.50. The first-order valence-corrected chi connectivity index (χ1v) is 5.36. The fourth-order valence-corrected chi connectivity index (χ4v) is 1.59. The maximum Gasteiger partial charge on any atom is 0.176 e. The standard InChI is InChI=1S/C13H19NO2/c1-13(2,16-3)8-10-6-4-5-7-11(10)12(15)9-14/h4-7H,8-9,14H2,1-3H3. The summed E-state index contributed by atoms with van der Waals surface area (Å²) in [5.74, 6) is -0.0255. The molecule has 0 atom stereocenters. The summed E-state index contributed by atoms with van der Waals surface area (Å²) in [6.45, 7) is 4.04. The fraction of sp³-hybridized carbons (Fsp3) is 0.462. The molecule has 1 aromatic rings. The summed E-state index contributed by atoms with van der Waals surface area (Å²) in [7, 11) is 1.67. The molecule has 0 radical (unpaired) electrons. The van der Waals surface area contributed by atoms with Crippen LogP contribution in [0.25, 0.3) is 0 Å². The highest BCUT2D eigenvalue weighted by molar-refractivity contribution is 5.98. The predicted octanol–water partition coefficient (Wildman–Crippen LogP) is 1.80. The molecule has 0 heterocycles. The smallest absolute Gasteiger partial charge is 0.176 e. The van der Waals surface area contributed by atoms with E-state index in [0.717, 1.165) is 5.56 Å². The van der Waals surface area contributed by atoms with Crippen LogP contribution in [-0.2, 0) is 11.2 Å². The van der Waals surface area contributed by atoms with Crippen LogP contribution in [-0.4, -0.2) is 25.0 Å². The number of nitrogens with two attached hydrogens (primary N) is 1. The number of methoxy groups -OCH3 is 1. The molecule has 0 aliphatic rings. The molecule has 0 aliphatic heterocycles. The Balaban J connectivity index is 3.00. The molecule has 1 rings (SSSR count). The molecule has 0 aliphatic carbocycles. The lowest BCUT2D eigenvalue weighted by Gasteiger charge is -2.24. The van der Waals surface area contributed by atoms with E-state index in [1.54, 1.807) is 7.11 Å². The first kappa shape index (κ1) is 12.9. The van der Waals surface area contributed by atoms with Gasteiger partial charge in [-0.3, -0.25) is 4.79 Å². The van der Waals surface area contributed by atoms with Crippen molar-refractivity contribution in [3.05, 3.63) is 35.4 Å². The summed E-state index contributed by atoms with van der Waals surface area (Å²) in [5.41, 5.74) is 6.81. The molecular formula is C13H19NO2. The van der Waals surface area contributed by atoms with Crippen molar-refractivity contribution in [1.29, 1.82) is 0 Å². The van der Waals surface area contributed by atoms with Gasteiger partial charge in [0.1, 0.15) is 0 Å². The molecule has 0 unspecified atom stereocenters. The Kier molecular flexibility index (Phi) is 4.21. The molecular weight excluding hydrogens is 202 g/mol. The highest BCUT2D eigenvalue weighted by Gasteiger charge is 2.20. The number of carbonyl (C=O) groups excluding carboxylic acids is 1. The van der Waals surface area contributed by atoms with Crippen LogP contribution in [0.3, 0.4) is 0 Å². The molecule has 0 saturated heterocycles. The summed E-state index contributed by atoms with van der Waals surface area (Å²) in [5, 5.41) is 0. The van der Waals surface area contributed by atoms with Gasteiger partial charge in [-0.15, -0.1) is 0 Å². The van der Waals surface area contributed by atoms with Gasteiger partial charge in [0.05, 0.1) is 12.1 Å². The van der Waals surface area contributed by atoms with Gasteiger partial charge in [-0.05, 0) is 19.4 Å². The third-order valence-electron chi connectivity index (χ3n) is 2.67. The van der Waals surface area contributed by atoms with Crippen LogP contribution >= 0.6 is 0 Å². The molecule has 0 aromatic heterocycles. The summed E-state index contributed by atoms with van der Waals surface area (Å²) in [6, 6.07) is 7.54. The van der Waals surface area contributed by atoms with Crippen molar-refractivity contribution in [2.75, 3.05) is 13.7 Å². The SMILES string of the molecule is COC(C)(C)Cc1ccccc1C(=O)CN. The van der Waals surface area contributed by atoms with Gasteiger partial charge in [0.25, 0.3) is 0 Å². The van der Waals surface area contributed by atoms with Crippen molar-refractivity contribution in [3.8, 4) is 0 Å². The minimum atomic E-state index is -0.273. The van der Waals surface area contributed by atoms with E-state index in [1.807, 2.05) is 38.1 Å². The van der Waals surface area contributed by atoms with Crippen molar-refractivity contribution in [1.82, 2.24) is 0 Å². The number of ether oxygens (including phenoxy) is 1. The quantitative estimate of drug-likeness (QED) is 0.771. The van der Waals surface area contributed by atoms with E-state index in [4.69, 9.17) is 10.5 Å². The van der Waals surface area contributed by atoms with Crippen molar-refractivity contribution >= 4 is 5.78 Å². The first-order valence-electron chi connectivity index (χ1n) is 5.36. The van der Waals surface area contributed by atoms with Gasteiger partial charge in [-0.25, -0.2) is 0 Å². The monoisotopic (exact) mass is 221 g/mol. The Morgan fingerprint density at radius 1 is 1.38 bits per heavy atom. The second-order valence-electron chi connectivity index (χ2n) is 4.43. The van der Waals surface area contributed by atoms with Crippen molar-refractivity contribution in [2.45, 2.75) is 25.9 Å². The molecule has 0 saturated carbocycles. The average Bonchev–Trinajstić information content (AvgIpc) is 2.28. The molecule has 16 heavy (non-hydrogen) atoms. The zero-order chi connectivity index (χ0) is 12.2.